The highest BCUT2D eigenvalue weighted by Crippen LogP contribution is 2.36. The van der Waals surface area contributed by atoms with Crippen LogP contribution in [0.3, 0.4) is 0 Å². The molecule has 0 spiro atoms. The third-order valence-corrected chi connectivity index (χ3v) is 5.99. The highest BCUT2D eigenvalue weighted by molar-refractivity contribution is 7.18. The lowest BCUT2D eigenvalue weighted by molar-refractivity contribution is 0.198. The normalized spacial score (nSPS) is 18.5. The average molecular weight is 351 g/mol. The van der Waals surface area contributed by atoms with Crippen LogP contribution in [0.25, 0.3) is 21.3 Å². The van der Waals surface area contributed by atoms with Gasteiger partial charge in [-0.2, -0.15) is 0 Å². The molecule has 126 valence electrons. The topological polar surface area (TPSA) is 51.3 Å². The largest absolute Gasteiger partial charge is 0.421 e. The van der Waals surface area contributed by atoms with Gasteiger partial charge < -0.3 is 4.42 Å². The molecule has 0 aliphatic carbocycles. The quantitative estimate of drug-likeness (QED) is 0.560. The molecular formula is C19H17N3O2S. The van der Waals surface area contributed by atoms with Crippen LogP contribution in [0.1, 0.15) is 23.9 Å². The van der Waals surface area contributed by atoms with Crippen molar-refractivity contribution in [2.24, 2.45) is 0 Å². The third-order valence-electron chi connectivity index (χ3n) is 4.86. The van der Waals surface area contributed by atoms with Crippen LogP contribution in [0, 0.1) is 0 Å². The summed E-state index contributed by atoms with van der Waals surface area (Å²) in [5, 5.41) is 1.14. The molecule has 1 fully saturated rings. The highest BCUT2D eigenvalue weighted by Gasteiger charge is 2.29. The zero-order valence-electron chi connectivity index (χ0n) is 13.6. The molecule has 0 bridgehead atoms. The lowest BCUT2D eigenvalue weighted by atomic mass is 10.2. The van der Waals surface area contributed by atoms with Gasteiger partial charge in [-0.05, 0) is 37.1 Å². The molecule has 4 aromatic rings. The SMILES string of the molecule is O=c1oc2ccccc2n1CN1CCCC1c1nc2ccccc2s1. The van der Waals surface area contributed by atoms with Gasteiger partial charge in [-0.3, -0.25) is 9.47 Å². The first-order valence-electron chi connectivity index (χ1n) is 8.47. The van der Waals surface area contributed by atoms with Crippen LogP contribution >= 0.6 is 11.3 Å². The third kappa shape index (κ3) is 2.49. The number of para-hydroxylation sites is 3. The van der Waals surface area contributed by atoms with Crippen LogP contribution in [0.5, 0.6) is 0 Å². The van der Waals surface area contributed by atoms with Crippen molar-refractivity contribution in [3.05, 3.63) is 64.1 Å². The minimum atomic E-state index is -0.295. The molecule has 0 N–H and O–H groups in total. The summed E-state index contributed by atoms with van der Waals surface area (Å²) in [6, 6.07) is 16.1. The predicted molar refractivity (Wildman–Crippen MR) is 98.8 cm³/mol. The number of oxazole rings is 1. The average Bonchev–Trinajstić information content (AvgIpc) is 3.32. The number of nitrogens with zero attached hydrogens (tertiary/aromatic N) is 3. The summed E-state index contributed by atoms with van der Waals surface area (Å²) in [6.45, 7) is 1.50. The van der Waals surface area contributed by atoms with Crippen molar-refractivity contribution in [1.29, 1.82) is 0 Å². The maximum Gasteiger partial charge on any atom is 0.421 e. The fourth-order valence-corrected chi connectivity index (χ4v) is 4.77. The standard InChI is InChI=1S/C19H17N3O2S/c23-19-22(14-7-2-3-9-16(14)24-19)12-21-11-5-8-15(21)18-20-13-6-1-4-10-17(13)25-18/h1-4,6-7,9-10,15H,5,8,11-12H2. The molecule has 0 amide bonds. The van der Waals surface area contributed by atoms with E-state index in [0.29, 0.717) is 12.3 Å². The van der Waals surface area contributed by atoms with Gasteiger partial charge >= 0.3 is 5.76 Å². The monoisotopic (exact) mass is 351 g/mol. The first-order chi connectivity index (χ1) is 12.3. The molecular weight excluding hydrogens is 334 g/mol. The minimum Gasteiger partial charge on any atom is -0.408 e. The van der Waals surface area contributed by atoms with Crippen molar-refractivity contribution in [2.75, 3.05) is 6.54 Å². The van der Waals surface area contributed by atoms with Crippen molar-refractivity contribution in [3.8, 4) is 0 Å². The molecule has 1 aliphatic rings. The second-order valence-electron chi connectivity index (χ2n) is 6.40. The van der Waals surface area contributed by atoms with E-state index >= 15 is 0 Å². The maximum atomic E-state index is 12.3. The van der Waals surface area contributed by atoms with Crippen LogP contribution in [-0.2, 0) is 6.67 Å². The van der Waals surface area contributed by atoms with Crippen LogP contribution in [0.15, 0.2) is 57.7 Å². The molecule has 2 aromatic carbocycles. The fourth-order valence-electron chi connectivity index (χ4n) is 3.64. The lowest BCUT2D eigenvalue weighted by Gasteiger charge is -2.22. The second kappa shape index (κ2) is 5.82. The van der Waals surface area contributed by atoms with E-state index in [-0.39, 0.29) is 11.8 Å². The Morgan fingerprint density at radius 3 is 2.92 bits per heavy atom. The minimum absolute atomic E-state index is 0.262. The number of likely N-dealkylation sites (tertiary alicyclic amines) is 1. The number of fused-ring (bicyclic) bond motifs is 2. The summed E-state index contributed by atoms with van der Waals surface area (Å²) in [7, 11) is 0. The summed E-state index contributed by atoms with van der Waals surface area (Å²) >= 11 is 1.76. The van der Waals surface area contributed by atoms with Gasteiger partial charge in [0.15, 0.2) is 5.58 Å². The van der Waals surface area contributed by atoms with Crippen molar-refractivity contribution in [1.82, 2.24) is 14.5 Å². The number of thiazole rings is 1. The smallest absolute Gasteiger partial charge is 0.408 e. The Morgan fingerprint density at radius 1 is 1.16 bits per heavy atom. The van der Waals surface area contributed by atoms with Crippen LogP contribution in [-0.4, -0.2) is 21.0 Å². The fraction of sp³-hybridized carbons (Fsp3) is 0.263. The Morgan fingerprint density at radius 2 is 2.00 bits per heavy atom. The van der Waals surface area contributed by atoms with Gasteiger partial charge in [-0.15, -0.1) is 11.3 Å². The predicted octanol–water partition coefficient (Wildman–Crippen LogP) is 4.00. The summed E-state index contributed by atoms with van der Waals surface area (Å²) in [4.78, 5) is 19.4. The molecule has 1 saturated heterocycles. The molecule has 5 rings (SSSR count). The van der Waals surface area contributed by atoms with Crippen molar-refractivity contribution >= 4 is 32.7 Å². The Labute approximate surface area is 148 Å². The molecule has 1 unspecified atom stereocenters. The summed E-state index contributed by atoms with van der Waals surface area (Å²) in [6.07, 6.45) is 2.19. The van der Waals surface area contributed by atoms with E-state index in [0.717, 1.165) is 35.4 Å². The van der Waals surface area contributed by atoms with Crippen molar-refractivity contribution < 1.29 is 4.42 Å². The number of hydrogen-bond donors (Lipinski definition) is 0. The molecule has 2 aromatic heterocycles. The summed E-state index contributed by atoms with van der Waals surface area (Å²) in [5.41, 5.74) is 2.55. The number of rotatable bonds is 3. The Balaban J connectivity index is 1.50. The first kappa shape index (κ1) is 14.9. The van der Waals surface area contributed by atoms with Gasteiger partial charge in [0, 0.05) is 6.54 Å². The van der Waals surface area contributed by atoms with E-state index < -0.39 is 0 Å². The molecule has 0 radical (unpaired) electrons. The second-order valence-corrected chi connectivity index (χ2v) is 7.46. The van der Waals surface area contributed by atoms with Gasteiger partial charge in [0.05, 0.1) is 28.4 Å². The van der Waals surface area contributed by atoms with E-state index in [1.54, 1.807) is 15.9 Å². The van der Waals surface area contributed by atoms with Gasteiger partial charge in [0.2, 0.25) is 0 Å². The number of hydrogen-bond acceptors (Lipinski definition) is 5. The number of aromatic nitrogens is 2. The maximum absolute atomic E-state index is 12.3. The Kier molecular flexibility index (Phi) is 3.46. The van der Waals surface area contributed by atoms with Gasteiger partial charge in [0.25, 0.3) is 0 Å². The molecule has 1 atom stereocenters. The zero-order chi connectivity index (χ0) is 16.8. The van der Waals surface area contributed by atoms with Crippen LogP contribution in [0.4, 0.5) is 0 Å². The number of benzene rings is 2. The molecule has 5 nitrogen and oxygen atoms in total. The van der Waals surface area contributed by atoms with E-state index in [4.69, 9.17) is 9.40 Å². The molecule has 25 heavy (non-hydrogen) atoms. The van der Waals surface area contributed by atoms with Crippen LogP contribution in [0.2, 0.25) is 0 Å². The van der Waals surface area contributed by atoms with Gasteiger partial charge in [-0.25, -0.2) is 9.78 Å². The van der Waals surface area contributed by atoms with Crippen molar-refractivity contribution in [2.45, 2.75) is 25.6 Å². The first-order valence-corrected chi connectivity index (χ1v) is 9.29. The Hall–Kier alpha value is -2.44. The van der Waals surface area contributed by atoms with Gasteiger partial charge in [-0.1, -0.05) is 24.3 Å². The van der Waals surface area contributed by atoms with E-state index in [1.165, 1.54) is 4.70 Å². The zero-order valence-corrected chi connectivity index (χ0v) is 14.4. The molecule has 1 aliphatic heterocycles. The van der Waals surface area contributed by atoms with E-state index in [2.05, 4.69) is 17.0 Å². The molecule has 6 heteroatoms. The van der Waals surface area contributed by atoms with Crippen molar-refractivity contribution in [3.63, 3.8) is 0 Å². The van der Waals surface area contributed by atoms with Crippen LogP contribution < -0.4 is 5.76 Å². The Bertz CT molecular complexity index is 1080. The highest BCUT2D eigenvalue weighted by atomic mass is 32.1. The molecule has 0 saturated carbocycles. The van der Waals surface area contributed by atoms with Gasteiger partial charge in [0.1, 0.15) is 5.01 Å². The van der Waals surface area contributed by atoms with E-state index in [9.17, 15) is 4.79 Å². The summed E-state index contributed by atoms with van der Waals surface area (Å²) in [5.74, 6) is -0.295. The van der Waals surface area contributed by atoms with E-state index in [1.807, 2.05) is 36.4 Å². The molecule has 3 heterocycles. The summed E-state index contributed by atoms with van der Waals surface area (Å²) < 4.78 is 8.31. The lowest BCUT2D eigenvalue weighted by Crippen LogP contribution is -2.30.